The van der Waals surface area contributed by atoms with Gasteiger partial charge < -0.3 is 15.4 Å². The number of nitrogens with one attached hydrogen (secondary N) is 3. The molecule has 0 bridgehead atoms. The molecule has 3 N–H and O–H groups in total. The van der Waals surface area contributed by atoms with E-state index in [9.17, 15) is 9.59 Å². The number of thiazole rings is 1. The van der Waals surface area contributed by atoms with E-state index in [4.69, 9.17) is 4.74 Å². The van der Waals surface area contributed by atoms with Gasteiger partial charge in [0.05, 0.1) is 33.5 Å². The molecular formula is C17H20BrN5O3S. The molecule has 8 nitrogen and oxygen atoms in total. The average Bonchev–Trinajstić information content (AvgIpc) is 3.07. The van der Waals surface area contributed by atoms with Crippen LogP contribution in [0.25, 0.3) is 4.83 Å². The van der Waals surface area contributed by atoms with Crippen molar-refractivity contribution < 1.29 is 14.3 Å². The number of carbonyl (C=O) groups excluding carboxylic acids is 2. The van der Waals surface area contributed by atoms with E-state index in [0.717, 1.165) is 8.62 Å². The van der Waals surface area contributed by atoms with E-state index in [2.05, 4.69) is 37.0 Å². The summed E-state index contributed by atoms with van der Waals surface area (Å²) in [6.45, 7) is 7.28. The van der Waals surface area contributed by atoms with Gasteiger partial charge in [-0.15, -0.1) is 11.3 Å². The smallest absolute Gasteiger partial charge is 0.412 e. The minimum absolute atomic E-state index is 0.126. The molecule has 0 aromatic carbocycles. The van der Waals surface area contributed by atoms with Crippen molar-refractivity contribution in [3.05, 3.63) is 45.4 Å². The van der Waals surface area contributed by atoms with Crippen molar-refractivity contribution in [2.24, 2.45) is 0 Å². The molecule has 2 amide bonds. The van der Waals surface area contributed by atoms with Crippen LogP contribution in [0.1, 0.15) is 38.1 Å². The van der Waals surface area contributed by atoms with Crippen LogP contribution >= 0.6 is 27.3 Å². The Kier molecular flexibility index (Phi) is 5.29. The molecule has 2 aromatic heterocycles. The number of dihydropyridines is 1. The molecule has 1 unspecified atom stereocenters. The molecule has 3 rings (SSSR count). The first-order valence-corrected chi connectivity index (χ1v) is 9.85. The highest BCUT2D eigenvalue weighted by molar-refractivity contribution is 9.11. The fourth-order valence-electron chi connectivity index (χ4n) is 2.39. The van der Waals surface area contributed by atoms with Crippen LogP contribution in [-0.2, 0) is 4.74 Å². The third-order valence-corrected chi connectivity index (χ3v) is 5.17. The van der Waals surface area contributed by atoms with Crippen LogP contribution in [0.15, 0.2) is 39.9 Å². The summed E-state index contributed by atoms with van der Waals surface area (Å²) in [5.41, 5.74) is 1.01. The molecule has 1 atom stereocenters. The number of hydrogen-bond donors (Lipinski definition) is 3. The van der Waals surface area contributed by atoms with Gasteiger partial charge in [-0.25, -0.2) is 9.31 Å². The van der Waals surface area contributed by atoms with E-state index >= 15 is 0 Å². The summed E-state index contributed by atoms with van der Waals surface area (Å²) < 4.78 is 7.78. The number of hydrogen-bond acceptors (Lipinski definition) is 6. The molecule has 3 heterocycles. The number of aromatic nitrogens is 2. The van der Waals surface area contributed by atoms with Gasteiger partial charge in [0.15, 0.2) is 0 Å². The number of halogens is 1. The highest BCUT2D eigenvalue weighted by Gasteiger charge is 2.22. The monoisotopic (exact) mass is 453 g/mol. The van der Waals surface area contributed by atoms with Crippen LogP contribution in [0, 0.1) is 0 Å². The van der Waals surface area contributed by atoms with Crippen LogP contribution in [0.3, 0.4) is 0 Å². The third kappa shape index (κ3) is 4.69. The maximum atomic E-state index is 12.7. The van der Waals surface area contributed by atoms with Gasteiger partial charge in [-0.3, -0.25) is 10.1 Å². The van der Waals surface area contributed by atoms with Crippen molar-refractivity contribution in [2.45, 2.75) is 39.3 Å². The predicted molar refractivity (Wildman–Crippen MR) is 106 cm³/mol. The second-order valence-corrected chi connectivity index (χ2v) is 9.42. The van der Waals surface area contributed by atoms with Crippen molar-refractivity contribution in [1.29, 1.82) is 0 Å². The summed E-state index contributed by atoms with van der Waals surface area (Å²) in [6.07, 6.45) is 6.14. The van der Waals surface area contributed by atoms with E-state index in [-0.39, 0.29) is 11.9 Å². The summed E-state index contributed by atoms with van der Waals surface area (Å²) in [7, 11) is 0. The van der Waals surface area contributed by atoms with Crippen LogP contribution < -0.4 is 16.0 Å². The molecule has 1 aliphatic rings. The lowest BCUT2D eigenvalue weighted by Gasteiger charge is -2.24. The summed E-state index contributed by atoms with van der Waals surface area (Å²) in [5, 5.41) is 12.8. The fraction of sp³-hybridized carbons (Fsp3) is 0.353. The molecule has 0 spiro atoms. The van der Waals surface area contributed by atoms with Gasteiger partial charge in [0, 0.05) is 11.9 Å². The van der Waals surface area contributed by atoms with Crippen molar-refractivity contribution >= 4 is 44.1 Å². The fourth-order valence-corrected chi connectivity index (χ4v) is 3.83. The lowest BCUT2D eigenvalue weighted by molar-refractivity contribution is 0.0547. The number of allylic oxidation sites excluding steroid dienone is 1. The molecule has 0 saturated carbocycles. The zero-order valence-electron chi connectivity index (χ0n) is 15.3. The molecule has 1 aliphatic heterocycles. The highest BCUT2D eigenvalue weighted by Crippen LogP contribution is 2.26. The van der Waals surface area contributed by atoms with Gasteiger partial charge in [-0.1, -0.05) is 0 Å². The predicted octanol–water partition coefficient (Wildman–Crippen LogP) is 3.13. The summed E-state index contributed by atoms with van der Waals surface area (Å²) in [5.74, 6) is -0.266. The Bertz CT molecular complexity index is 954. The number of rotatable bonds is 3. The average molecular weight is 454 g/mol. The van der Waals surface area contributed by atoms with E-state index in [1.807, 2.05) is 6.92 Å². The summed E-state index contributed by atoms with van der Waals surface area (Å²) >= 11 is 4.82. The zero-order chi connectivity index (χ0) is 19.8. The quantitative estimate of drug-likeness (QED) is 0.663. The standard InChI is InChI=1S/C17H20BrN5O3S/c1-9-12(5-10(6-19-9)21-16(25)26-17(2,3)4)22-14(24)11-7-20-23-8-13(18)27-15(11)23/h5-9,19H,1-4H3,(H,21,25)(H,22,24). The van der Waals surface area contributed by atoms with Gasteiger partial charge >= 0.3 is 6.09 Å². The van der Waals surface area contributed by atoms with Gasteiger partial charge in [0.25, 0.3) is 5.91 Å². The Labute approximate surface area is 168 Å². The molecule has 0 aliphatic carbocycles. The van der Waals surface area contributed by atoms with Crippen LogP contribution in [0.2, 0.25) is 0 Å². The largest absolute Gasteiger partial charge is 0.444 e. The zero-order valence-corrected chi connectivity index (χ0v) is 17.7. The minimum Gasteiger partial charge on any atom is -0.444 e. The van der Waals surface area contributed by atoms with Gasteiger partial charge in [-0.05, 0) is 49.7 Å². The van der Waals surface area contributed by atoms with Crippen molar-refractivity contribution in [2.75, 3.05) is 0 Å². The summed E-state index contributed by atoms with van der Waals surface area (Å²) in [6, 6.07) is -0.126. The molecule has 0 radical (unpaired) electrons. The first kappa shape index (κ1) is 19.4. The number of amides is 2. The normalized spacial score (nSPS) is 17.0. The van der Waals surface area contributed by atoms with Crippen molar-refractivity contribution in [3.63, 3.8) is 0 Å². The lowest BCUT2D eigenvalue weighted by atomic mass is 10.1. The topological polar surface area (TPSA) is 96.8 Å². The Morgan fingerprint density at radius 2 is 2.11 bits per heavy atom. The van der Waals surface area contributed by atoms with Crippen LogP contribution in [0.5, 0.6) is 0 Å². The molecule has 144 valence electrons. The molecule has 10 heteroatoms. The van der Waals surface area contributed by atoms with Gasteiger partial charge in [0.1, 0.15) is 10.4 Å². The molecule has 0 saturated heterocycles. The lowest BCUT2D eigenvalue weighted by Crippen LogP contribution is -2.39. The number of ether oxygens (including phenoxy) is 1. The second kappa shape index (κ2) is 7.35. The number of carbonyl (C=O) groups is 2. The van der Waals surface area contributed by atoms with E-state index in [1.54, 1.807) is 43.8 Å². The van der Waals surface area contributed by atoms with Gasteiger partial charge in [0.2, 0.25) is 0 Å². The van der Waals surface area contributed by atoms with Crippen molar-refractivity contribution in [1.82, 2.24) is 25.6 Å². The number of alkyl carbamates (subject to hydrolysis) is 1. The molecule has 2 aromatic rings. The number of fused-ring (bicyclic) bond motifs is 1. The molecule has 27 heavy (non-hydrogen) atoms. The SMILES string of the molecule is CC1NC=C(NC(=O)OC(C)(C)C)C=C1NC(=O)c1cnn2cc(Br)sc12. The maximum Gasteiger partial charge on any atom is 0.412 e. The van der Waals surface area contributed by atoms with E-state index in [1.165, 1.54) is 17.5 Å². The van der Waals surface area contributed by atoms with Gasteiger partial charge in [-0.2, -0.15) is 5.10 Å². The Hall–Kier alpha value is -2.33. The van der Waals surface area contributed by atoms with Crippen molar-refractivity contribution in [3.8, 4) is 0 Å². The first-order valence-electron chi connectivity index (χ1n) is 8.24. The Morgan fingerprint density at radius 3 is 2.81 bits per heavy atom. The maximum absolute atomic E-state index is 12.7. The Morgan fingerprint density at radius 1 is 1.37 bits per heavy atom. The minimum atomic E-state index is -0.594. The third-order valence-electron chi connectivity index (χ3n) is 3.58. The van der Waals surface area contributed by atoms with Crippen LogP contribution in [0.4, 0.5) is 4.79 Å². The summed E-state index contributed by atoms with van der Waals surface area (Å²) in [4.78, 5) is 25.4. The second-order valence-electron chi connectivity index (χ2n) is 7.01. The number of nitrogens with zero attached hydrogens (tertiary/aromatic N) is 2. The van der Waals surface area contributed by atoms with Crippen LogP contribution in [-0.4, -0.2) is 33.3 Å². The van der Waals surface area contributed by atoms with E-state index < -0.39 is 11.7 Å². The molecular weight excluding hydrogens is 434 g/mol. The van der Waals surface area contributed by atoms with E-state index in [0.29, 0.717) is 17.0 Å². The highest BCUT2D eigenvalue weighted by atomic mass is 79.9. The Balaban J connectivity index is 1.72. The first-order chi connectivity index (χ1) is 12.6. The molecule has 0 fully saturated rings.